The molecule has 0 bridgehead atoms. The summed E-state index contributed by atoms with van der Waals surface area (Å²) in [5.74, 6) is 4.97. The molecule has 0 unspecified atom stereocenters. The van der Waals surface area contributed by atoms with Gasteiger partial charge in [-0.1, -0.05) is 20.8 Å². The number of nitrogens with zero attached hydrogens (tertiary/aromatic N) is 1. The number of aromatic nitrogens is 1. The minimum absolute atomic E-state index is 0.0593. The molecule has 0 aromatic carbocycles. The fourth-order valence-corrected chi connectivity index (χ4v) is 1.92. The predicted molar refractivity (Wildman–Crippen MR) is 81.1 cm³/mol. The fourth-order valence-electron chi connectivity index (χ4n) is 1.53. The Bertz CT molecular complexity index is 622. The lowest BCUT2D eigenvalue weighted by Crippen LogP contribution is -2.32. The van der Waals surface area contributed by atoms with Gasteiger partial charge in [0.2, 0.25) is 10.0 Å². The van der Waals surface area contributed by atoms with E-state index in [1.807, 2.05) is 20.8 Å². The highest BCUT2D eigenvalue weighted by atomic mass is 32.2. The standard InChI is InChI=1S/C12H21N5O3S/c1-12(2,3)9-6-8(7-10(16-9)17-13)11(18)15-4-5-21(14,19)20/h6-7H,4-5,13H2,1-3H3,(H,15,18)(H,16,17)(H2,14,19,20). The Labute approximate surface area is 124 Å². The van der Waals surface area contributed by atoms with Crippen molar-refractivity contribution in [2.45, 2.75) is 26.2 Å². The molecule has 0 aliphatic heterocycles. The minimum atomic E-state index is -3.61. The molecule has 1 heterocycles. The number of nitrogens with two attached hydrogens (primary N) is 2. The van der Waals surface area contributed by atoms with Crippen molar-refractivity contribution in [1.29, 1.82) is 0 Å². The van der Waals surface area contributed by atoms with Crippen LogP contribution in [0.25, 0.3) is 0 Å². The molecule has 118 valence electrons. The van der Waals surface area contributed by atoms with E-state index in [2.05, 4.69) is 15.7 Å². The summed E-state index contributed by atoms with van der Waals surface area (Å²) in [6, 6.07) is 3.13. The Hall–Kier alpha value is -1.71. The van der Waals surface area contributed by atoms with Gasteiger partial charge < -0.3 is 10.7 Å². The average molecular weight is 315 g/mol. The summed E-state index contributed by atoms with van der Waals surface area (Å²) in [6.07, 6.45) is 0. The first-order valence-electron chi connectivity index (χ1n) is 6.31. The number of hydrogen-bond acceptors (Lipinski definition) is 6. The number of anilines is 1. The molecule has 1 aromatic rings. The number of nitrogen functional groups attached to an aromatic ring is 1. The summed E-state index contributed by atoms with van der Waals surface area (Å²) in [7, 11) is -3.61. The Morgan fingerprint density at radius 3 is 2.43 bits per heavy atom. The van der Waals surface area contributed by atoms with E-state index in [4.69, 9.17) is 11.0 Å². The summed E-state index contributed by atoms with van der Waals surface area (Å²) in [5.41, 5.74) is 3.18. The van der Waals surface area contributed by atoms with Crippen LogP contribution in [0.1, 0.15) is 36.8 Å². The van der Waals surface area contributed by atoms with Crippen LogP contribution in [0.4, 0.5) is 5.82 Å². The summed E-state index contributed by atoms with van der Waals surface area (Å²) >= 11 is 0. The van der Waals surface area contributed by atoms with Gasteiger partial charge in [0, 0.05) is 23.2 Å². The summed E-state index contributed by atoms with van der Waals surface area (Å²) in [6.45, 7) is 5.81. The molecule has 0 saturated carbocycles. The second-order valence-corrected chi connectivity index (χ2v) is 7.38. The smallest absolute Gasteiger partial charge is 0.251 e. The van der Waals surface area contributed by atoms with Crippen molar-refractivity contribution in [1.82, 2.24) is 10.3 Å². The van der Waals surface area contributed by atoms with Crippen LogP contribution in [-0.2, 0) is 15.4 Å². The van der Waals surface area contributed by atoms with E-state index >= 15 is 0 Å². The maximum absolute atomic E-state index is 12.0. The number of carbonyl (C=O) groups excluding carboxylic acids is 1. The zero-order valence-electron chi connectivity index (χ0n) is 12.3. The topological polar surface area (TPSA) is 140 Å². The number of carbonyl (C=O) groups is 1. The maximum Gasteiger partial charge on any atom is 0.251 e. The molecular formula is C12H21N5O3S. The van der Waals surface area contributed by atoms with Gasteiger partial charge in [0.25, 0.3) is 5.91 Å². The van der Waals surface area contributed by atoms with Crippen LogP contribution in [-0.4, -0.2) is 31.6 Å². The van der Waals surface area contributed by atoms with E-state index in [9.17, 15) is 13.2 Å². The Morgan fingerprint density at radius 2 is 1.95 bits per heavy atom. The first kappa shape index (κ1) is 17.3. The SMILES string of the molecule is CC(C)(C)c1cc(C(=O)NCCS(N)(=O)=O)cc(NN)n1. The van der Waals surface area contributed by atoms with Crippen molar-refractivity contribution in [3.05, 3.63) is 23.4 Å². The zero-order valence-corrected chi connectivity index (χ0v) is 13.1. The van der Waals surface area contributed by atoms with E-state index in [0.717, 1.165) is 0 Å². The molecule has 0 saturated heterocycles. The van der Waals surface area contributed by atoms with Gasteiger partial charge in [-0.05, 0) is 12.1 Å². The summed E-state index contributed by atoms with van der Waals surface area (Å²) in [4.78, 5) is 16.3. The van der Waals surface area contributed by atoms with Gasteiger partial charge in [-0.2, -0.15) is 0 Å². The summed E-state index contributed by atoms with van der Waals surface area (Å²) in [5, 5.41) is 7.36. The molecule has 0 spiro atoms. The lowest BCUT2D eigenvalue weighted by atomic mass is 9.90. The van der Waals surface area contributed by atoms with Gasteiger partial charge >= 0.3 is 0 Å². The monoisotopic (exact) mass is 315 g/mol. The molecule has 1 aromatic heterocycles. The molecule has 0 fully saturated rings. The molecule has 0 aliphatic carbocycles. The van der Waals surface area contributed by atoms with Crippen LogP contribution in [0, 0.1) is 0 Å². The third kappa shape index (κ3) is 5.66. The average Bonchev–Trinajstić information content (AvgIpc) is 2.35. The quantitative estimate of drug-likeness (QED) is 0.434. The lowest BCUT2D eigenvalue weighted by molar-refractivity contribution is 0.0956. The van der Waals surface area contributed by atoms with Crippen molar-refractivity contribution in [2.24, 2.45) is 11.0 Å². The van der Waals surface area contributed by atoms with Crippen LogP contribution in [0.3, 0.4) is 0 Å². The van der Waals surface area contributed by atoms with Crippen LogP contribution >= 0.6 is 0 Å². The number of hydrogen-bond donors (Lipinski definition) is 4. The molecular weight excluding hydrogens is 294 g/mol. The summed E-state index contributed by atoms with van der Waals surface area (Å²) < 4.78 is 21.7. The molecule has 21 heavy (non-hydrogen) atoms. The van der Waals surface area contributed by atoms with Gasteiger partial charge in [-0.3, -0.25) is 4.79 Å². The van der Waals surface area contributed by atoms with Crippen LogP contribution in [0.5, 0.6) is 0 Å². The normalized spacial score (nSPS) is 12.0. The van der Waals surface area contributed by atoms with Crippen LogP contribution < -0.4 is 21.7 Å². The van der Waals surface area contributed by atoms with Gasteiger partial charge in [-0.25, -0.2) is 24.4 Å². The highest BCUT2D eigenvalue weighted by Gasteiger charge is 2.19. The maximum atomic E-state index is 12.0. The zero-order chi connectivity index (χ0) is 16.3. The first-order valence-corrected chi connectivity index (χ1v) is 8.02. The minimum Gasteiger partial charge on any atom is -0.351 e. The van der Waals surface area contributed by atoms with E-state index in [-0.39, 0.29) is 17.7 Å². The largest absolute Gasteiger partial charge is 0.351 e. The third-order valence-corrected chi connectivity index (χ3v) is 3.45. The molecule has 1 rings (SSSR count). The van der Waals surface area contributed by atoms with E-state index in [1.54, 1.807) is 6.07 Å². The number of nitrogens with one attached hydrogen (secondary N) is 2. The number of rotatable bonds is 5. The van der Waals surface area contributed by atoms with E-state index in [0.29, 0.717) is 17.1 Å². The number of primary sulfonamides is 1. The second-order valence-electron chi connectivity index (χ2n) is 5.64. The lowest BCUT2D eigenvalue weighted by Gasteiger charge is -2.19. The van der Waals surface area contributed by atoms with Gasteiger partial charge in [0.15, 0.2) is 0 Å². The molecule has 0 radical (unpaired) electrons. The van der Waals surface area contributed by atoms with E-state index in [1.165, 1.54) is 6.07 Å². The highest BCUT2D eigenvalue weighted by molar-refractivity contribution is 7.89. The van der Waals surface area contributed by atoms with Crippen molar-refractivity contribution in [3.63, 3.8) is 0 Å². The van der Waals surface area contributed by atoms with Crippen molar-refractivity contribution in [3.8, 4) is 0 Å². The highest BCUT2D eigenvalue weighted by Crippen LogP contribution is 2.23. The third-order valence-electron chi connectivity index (χ3n) is 2.68. The van der Waals surface area contributed by atoms with Crippen molar-refractivity contribution in [2.75, 3.05) is 17.7 Å². The molecule has 6 N–H and O–H groups in total. The second kappa shape index (κ2) is 6.37. The van der Waals surface area contributed by atoms with Crippen LogP contribution in [0.2, 0.25) is 0 Å². The number of sulfonamides is 1. The number of amides is 1. The van der Waals surface area contributed by atoms with Gasteiger partial charge in [-0.15, -0.1) is 0 Å². The van der Waals surface area contributed by atoms with E-state index < -0.39 is 15.9 Å². The molecule has 9 heteroatoms. The molecule has 0 atom stereocenters. The molecule has 8 nitrogen and oxygen atoms in total. The van der Waals surface area contributed by atoms with Gasteiger partial charge in [0.1, 0.15) is 5.82 Å². The Balaban J connectivity index is 2.93. The molecule has 0 aliphatic rings. The number of hydrazine groups is 1. The van der Waals surface area contributed by atoms with Crippen molar-refractivity contribution < 1.29 is 13.2 Å². The van der Waals surface area contributed by atoms with Crippen molar-refractivity contribution >= 4 is 21.7 Å². The first-order chi connectivity index (χ1) is 9.53. The molecule has 1 amide bonds. The number of pyridine rings is 1. The van der Waals surface area contributed by atoms with Gasteiger partial charge in [0.05, 0.1) is 5.75 Å². The van der Waals surface area contributed by atoms with Crippen LogP contribution in [0.15, 0.2) is 12.1 Å². The predicted octanol–water partition coefficient (Wildman–Crippen LogP) is -0.317. The Kier molecular flexibility index (Phi) is 5.26. The Morgan fingerprint density at radius 1 is 1.33 bits per heavy atom. The fraction of sp³-hybridized carbons (Fsp3) is 0.500.